The van der Waals surface area contributed by atoms with Crippen LogP contribution in [0.15, 0.2) is 12.3 Å². The maximum atomic E-state index is 6.03. The zero-order valence-electron chi connectivity index (χ0n) is 14.0. The van der Waals surface area contributed by atoms with Gasteiger partial charge < -0.3 is 9.47 Å². The molecule has 5 nitrogen and oxygen atoms in total. The van der Waals surface area contributed by atoms with Gasteiger partial charge in [0.05, 0.1) is 24.4 Å². The Morgan fingerprint density at radius 3 is 2.87 bits per heavy atom. The topological polar surface area (TPSA) is 50.4 Å². The first-order valence-electron chi connectivity index (χ1n) is 8.57. The van der Waals surface area contributed by atoms with Crippen LogP contribution in [-0.2, 0) is 11.3 Å². The Morgan fingerprint density at radius 1 is 1.35 bits per heavy atom. The number of aromatic nitrogens is 2. The monoisotopic (exact) mass is 315 g/mol. The average Bonchev–Trinajstić information content (AvgIpc) is 3.22. The molecule has 0 radical (unpaired) electrons. The fourth-order valence-electron chi connectivity index (χ4n) is 4.14. The molecule has 0 atom stereocenters. The fourth-order valence-corrected chi connectivity index (χ4v) is 4.14. The second kappa shape index (κ2) is 5.80. The highest BCUT2D eigenvalue weighted by Gasteiger charge is 2.38. The van der Waals surface area contributed by atoms with E-state index in [1.165, 1.54) is 29.4 Å². The third-order valence-corrected chi connectivity index (χ3v) is 5.56. The lowest BCUT2D eigenvalue weighted by molar-refractivity contribution is -0.0447. The predicted octanol–water partition coefficient (Wildman–Crippen LogP) is 3.02. The number of hydrogen-bond acceptors (Lipinski definition) is 4. The number of nitrogens with zero attached hydrogens (tertiary/aromatic N) is 2. The van der Waals surface area contributed by atoms with E-state index in [0.717, 1.165) is 50.3 Å². The summed E-state index contributed by atoms with van der Waals surface area (Å²) in [6.45, 7) is 6.14. The van der Waals surface area contributed by atoms with Gasteiger partial charge in [-0.3, -0.25) is 10.00 Å². The SMILES string of the molecule is COc1cc(C)c2[nH]ncc2c1CN1CCC2(CCCO2)CC1. The number of benzene rings is 1. The van der Waals surface area contributed by atoms with Crippen molar-refractivity contribution in [1.29, 1.82) is 0 Å². The van der Waals surface area contributed by atoms with Crippen LogP contribution in [0.1, 0.15) is 36.8 Å². The summed E-state index contributed by atoms with van der Waals surface area (Å²) in [6.07, 6.45) is 6.68. The van der Waals surface area contributed by atoms with Gasteiger partial charge in [-0.1, -0.05) is 0 Å². The van der Waals surface area contributed by atoms with Crippen molar-refractivity contribution in [1.82, 2.24) is 15.1 Å². The van der Waals surface area contributed by atoms with Crippen LogP contribution in [0.4, 0.5) is 0 Å². The summed E-state index contributed by atoms with van der Waals surface area (Å²) < 4.78 is 11.7. The summed E-state index contributed by atoms with van der Waals surface area (Å²) in [5.74, 6) is 0.966. The average molecular weight is 315 g/mol. The number of piperidine rings is 1. The number of rotatable bonds is 3. The number of likely N-dealkylation sites (tertiary alicyclic amines) is 1. The van der Waals surface area contributed by atoms with Crippen LogP contribution in [-0.4, -0.2) is 47.5 Å². The van der Waals surface area contributed by atoms with E-state index in [0.29, 0.717) is 0 Å². The van der Waals surface area contributed by atoms with E-state index < -0.39 is 0 Å². The molecule has 0 saturated carbocycles. The van der Waals surface area contributed by atoms with Crippen molar-refractivity contribution in [2.75, 3.05) is 26.8 Å². The van der Waals surface area contributed by atoms with Gasteiger partial charge in [0, 0.05) is 37.2 Å². The second-order valence-electron chi connectivity index (χ2n) is 6.94. The summed E-state index contributed by atoms with van der Waals surface area (Å²) >= 11 is 0. The number of fused-ring (bicyclic) bond motifs is 1. The first-order chi connectivity index (χ1) is 11.2. The Balaban J connectivity index is 1.56. The van der Waals surface area contributed by atoms with Crippen molar-refractivity contribution in [3.05, 3.63) is 23.4 Å². The molecule has 2 aliphatic rings. The van der Waals surface area contributed by atoms with Crippen molar-refractivity contribution >= 4 is 10.9 Å². The molecular formula is C18H25N3O2. The summed E-state index contributed by atoms with van der Waals surface area (Å²) in [5, 5.41) is 8.52. The highest BCUT2D eigenvalue weighted by molar-refractivity contribution is 5.87. The first-order valence-corrected chi connectivity index (χ1v) is 8.57. The maximum Gasteiger partial charge on any atom is 0.124 e. The van der Waals surface area contributed by atoms with Gasteiger partial charge in [0.15, 0.2) is 0 Å². The van der Waals surface area contributed by atoms with E-state index in [-0.39, 0.29) is 5.60 Å². The number of nitrogens with one attached hydrogen (secondary N) is 1. The molecule has 124 valence electrons. The van der Waals surface area contributed by atoms with E-state index >= 15 is 0 Å². The van der Waals surface area contributed by atoms with Crippen LogP contribution in [0.25, 0.3) is 10.9 Å². The van der Waals surface area contributed by atoms with Crippen molar-refractivity contribution in [3.63, 3.8) is 0 Å². The van der Waals surface area contributed by atoms with Gasteiger partial charge in [-0.25, -0.2) is 0 Å². The van der Waals surface area contributed by atoms with E-state index in [2.05, 4.69) is 28.1 Å². The van der Waals surface area contributed by atoms with Crippen molar-refractivity contribution in [3.8, 4) is 5.75 Å². The van der Waals surface area contributed by atoms with Gasteiger partial charge in [0.25, 0.3) is 0 Å². The highest BCUT2D eigenvalue weighted by Crippen LogP contribution is 2.37. The Kier molecular flexibility index (Phi) is 3.77. The van der Waals surface area contributed by atoms with Gasteiger partial charge in [-0.15, -0.1) is 0 Å². The Morgan fingerprint density at radius 2 is 2.17 bits per heavy atom. The van der Waals surface area contributed by atoms with E-state index in [1.807, 2.05) is 6.20 Å². The summed E-state index contributed by atoms with van der Waals surface area (Å²) in [7, 11) is 1.75. The van der Waals surface area contributed by atoms with E-state index in [4.69, 9.17) is 9.47 Å². The lowest BCUT2D eigenvalue weighted by atomic mass is 9.88. The molecule has 3 heterocycles. The molecule has 2 aromatic rings. The van der Waals surface area contributed by atoms with Crippen LogP contribution < -0.4 is 4.74 Å². The molecule has 1 N–H and O–H groups in total. The van der Waals surface area contributed by atoms with Gasteiger partial charge in [-0.05, 0) is 44.2 Å². The second-order valence-corrected chi connectivity index (χ2v) is 6.94. The molecule has 1 aromatic heterocycles. The molecule has 0 amide bonds. The van der Waals surface area contributed by atoms with E-state index in [9.17, 15) is 0 Å². The summed E-state index contributed by atoms with van der Waals surface area (Å²) in [6, 6.07) is 2.11. The lowest BCUT2D eigenvalue weighted by Crippen LogP contribution is -2.43. The molecule has 1 spiro atoms. The van der Waals surface area contributed by atoms with Crippen LogP contribution in [0.5, 0.6) is 5.75 Å². The Bertz CT molecular complexity index is 694. The largest absolute Gasteiger partial charge is 0.496 e. The molecule has 5 heteroatoms. The molecule has 2 aliphatic heterocycles. The number of hydrogen-bond donors (Lipinski definition) is 1. The first kappa shape index (κ1) is 15.0. The van der Waals surface area contributed by atoms with Crippen LogP contribution in [0.2, 0.25) is 0 Å². The molecule has 2 saturated heterocycles. The fraction of sp³-hybridized carbons (Fsp3) is 0.611. The van der Waals surface area contributed by atoms with E-state index in [1.54, 1.807) is 7.11 Å². The minimum absolute atomic E-state index is 0.179. The van der Waals surface area contributed by atoms with Crippen LogP contribution >= 0.6 is 0 Å². The predicted molar refractivity (Wildman–Crippen MR) is 89.8 cm³/mol. The number of H-pyrrole nitrogens is 1. The molecule has 23 heavy (non-hydrogen) atoms. The van der Waals surface area contributed by atoms with Gasteiger partial charge >= 0.3 is 0 Å². The summed E-state index contributed by atoms with van der Waals surface area (Å²) in [5.41, 5.74) is 3.72. The van der Waals surface area contributed by atoms with Crippen LogP contribution in [0, 0.1) is 6.92 Å². The normalized spacial score (nSPS) is 21.3. The number of aromatic amines is 1. The Labute approximate surface area is 136 Å². The molecule has 1 aromatic carbocycles. The Hall–Kier alpha value is -1.59. The van der Waals surface area contributed by atoms with Gasteiger partial charge in [0.2, 0.25) is 0 Å². The minimum Gasteiger partial charge on any atom is -0.496 e. The number of ether oxygens (including phenoxy) is 2. The number of aryl methyl sites for hydroxylation is 1. The zero-order chi connectivity index (χ0) is 15.9. The molecule has 0 unspecified atom stereocenters. The van der Waals surface area contributed by atoms with Gasteiger partial charge in [-0.2, -0.15) is 5.10 Å². The molecule has 4 rings (SSSR count). The quantitative estimate of drug-likeness (QED) is 0.946. The minimum atomic E-state index is 0.179. The maximum absolute atomic E-state index is 6.03. The van der Waals surface area contributed by atoms with Gasteiger partial charge in [0.1, 0.15) is 5.75 Å². The highest BCUT2D eigenvalue weighted by atomic mass is 16.5. The molecular weight excluding hydrogens is 290 g/mol. The molecule has 0 aliphatic carbocycles. The zero-order valence-corrected chi connectivity index (χ0v) is 14.0. The number of methoxy groups -OCH3 is 1. The van der Waals surface area contributed by atoms with Crippen LogP contribution in [0.3, 0.4) is 0 Å². The lowest BCUT2D eigenvalue weighted by Gasteiger charge is -2.38. The van der Waals surface area contributed by atoms with Crippen molar-refractivity contribution in [2.45, 2.75) is 44.8 Å². The standard InChI is InChI=1S/C18H25N3O2/c1-13-10-16(22-2)15(14-11-19-20-17(13)14)12-21-7-5-18(6-8-21)4-3-9-23-18/h10-11H,3-9,12H2,1-2H3,(H,19,20). The van der Waals surface area contributed by atoms with Crippen molar-refractivity contribution < 1.29 is 9.47 Å². The summed E-state index contributed by atoms with van der Waals surface area (Å²) in [4.78, 5) is 2.52. The molecule has 2 fully saturated rings. The molecule has 0 bridgehead atoms. The van der Waals surface area contributed by atoms with Crippen molar-refractivity contribution in [2.24, 2.45) is 0 Å². The third-order valence-electron chi connectivity index (χ3n) is 5.56. The smallest absolute Gasteiger partial charge is 0.124 e. The third kappa shape index (κ3) is 2.62.